The van der Waals surface area contributed by atoms with Gasteiger partial charge in [0.05, 0.1) is 5.02 Å². The molecular formula is C18H19BrClNO2. The minimum atomic E-state index is -0.0337. The Hall–Kier alpha value is -1.52. The van der Waals surface area contributed by atoms with Crippen LogP contribution in [-0.4, -0.2) is 5.91 Å². The zero-order chi connectivity index (χ0) is 17.0. The van der Waals surface area contributed by atoms with Gasteiger partial charge in [0.2, 0.25) is 5.91 Å². The summed E-state index contributed by atoms with van der Waals surface area (Å²) < 4.78 is 6.76. The molecule has 1 N–H and O–H groups in total. The van der Waals surface area contributed by atoms with Crippen molar-refractivity contribution < 1.29 is 9.53 Å². The van der Waals surface area contributed by atoms with Gasteiger partial charge in [-0.3, -0.25) is 4.79 Å². The molecule has 0 unspecified atom stereocenters. The molecule has 0 aliphatic heterocycles. The van der Waals surface area contributed by atoms with Crippen molar-refractivity contribution in [1.29, 1.82) is 0 Å². The number of hydrogen-bond donors (Lipinski definition) is 1. The SMILES string of the molecule is CCC(=O)Nc1cccc(Br)c1COc1cc(C)c(C)cc1Cl. The zero-order valence-electron chi connectivity index (χ0n) is 13.4. The van der Waals surface area contributed by atoms with Gasteiger partial charge in [-0.2, -0.15) is 0 Å². The van der Waals surface area contributed by atoms with Crippen molar-refractivity contribution in [2.24, 2.45) is 0 Å². The summed E-state index contributed by atoms with van der Waals surface area (Å²) in [4.78, 5) is 11.7. The normalized spacial score (nSPS) is 10.5. The lowest BCUT2D eigenvalue weighted by Crippen LogP contribution is -2.12. The second-order valence-electron chi connectivity index (χ2n) is 5.32. The largest absolute Gasteiger partial charge is 0.487 e. The zero-order valence-corrected chi connectivity index (χ0v) is 15.7. The molecule has 1 amide bonds. The van der Waals surface area contributed by atoms with E-state index in [2.05, 4.69) is 21.2 Å². The van der Waals surface area contributed by atoms with Crippen LogP contribution in [0.1, 0.15) is 30.0 Å². The van der Waals surface area contributed by atoms with E-state index in [1.165, 1.54) is 0 Å². The van der Waals surface area contributed by atoms with Crippen LogP contribution in [0.5, 0.6) is 5.75 Å². The summed E-state index contributed by atoms with van der Waals surface area (Å²) >= 11 is 9.76. The van der Waals surface area contributed by atoms with E-state index in [0.717, 1.165) is 26.9 Å². The number of nitrogens with one attached hydrogen (secondary N) is 1. The first-order chi connectivity index (χ1) is 10.9. The molecule has 0 heterocycles. The number of hydrogen-bond acceptors (Lipinski definition) is 2. The first-order valence-electron chi connectivity index (χ1n) is 7.39. The lowest BCUT2D eigenvalue weighted by Gasteiger charge is -2.15. The Morgan fingerprint density at radius 3 is 2.65 bits per heavy atom. The molecule has 23 heavy (non-hydrogen) atoms. The van der Waals surface area contributed by atoms with Crippen molar-refractivity contribution in [3.8, 4) is 5.75 Å². The van der Waals surface area contributed by atoms with E-state index < -0.39 is 0 Å². The fraction of sp³-hybridized carbons (Fsp3) is 0.278. The molecule has 5 heteroatoms. The Balaban J connectivity index is 2.23. The van der Waals surface area contributed by atoms with Crippen LogP contribution in [0.2, 0.25) is 5.02 Å². The number of ether oxygens (including phenoxy) is 1. The summed E-state index contributed by atoms with van der Waals surface area (Å²) in [5, 5.41) is 3.47. The Labute approximate surface area is 150 Å². The molecule has 0 aromatic heterocycles. The first kappa shape index (κ1) is 17.8. The second kappa shape index (κ2) is 7.84. The number of halogens is 2. The van der Waals surface area contributed by atoms with E-state index in [1.54, 1.807) is 0 Å². The molecule has 2 aromatic rings. The van der Waals surface area contributed by atoms with E-state index in [9.17, 15) is 4.79 Å². The monoisotopic (exact) mass is 395 g/mol. The minimum Gasteiger partial charge on any atom is -0.487 e. The third-order valence-corrected chi connectivity index (χ3v) is 4.67. The third-order valence-electron chi connectivity index (χ3n) is 3.63. The van der Waals surface area contributed by atoms with Gasteiger partial charge in [-0.25, -0.2) is 0 Å². The number of amides is 1. The molecule has 2 rings (SSSR count). The Kier molecular flexibility index (Phi) is 6.08. The van der Waals surface area contributed by atoms with Gasteiger partial charge in [0.25, 0.3) is 0 Å². The highest BCUT2D eigenvalue weighted by atomic mass is 79.9. The van der Waals surface area contributed by atoms with Crippen LogP contribution in [0, 0.1) is 13.8 Å². The summed E-state index contributed by atoms with van der Waals surface area (Å²) in [7, 11) is 0. The summed E-state index contributed by atoms with van der Waals surface area (Å²) in [6.07, 6.45) is 0.426. The second-order valence-corrected chi connectivity index (χ2v) is 6.58. The fourth-order valence-electron chi connectivity index (χ4n) is 2.08. The van der Waals surface area contributed by atoms with E-state index >= 15 is 0 Å². The molecule has 0 saturated heterocycles. The molecular weight excluding hydrogens is 378 g/mol. The molecule has 0 aliphatic rings. The number of carbonyl (C=O) groups excluding carboxylic acids is 1. The number of rotatable bonds is 5. The summed E-state index contributed by atoms with van der Waals surface area (Å²) in [6, 6.07) is 9.48. The van der Waals surface area contributed by atoms with E-state index in [0.29, 0.717) is 23.8 Å². The predicted octanol–water partition coefficient (Wildman–Crippen LogP) is 5.65. The Morgan fingerprint density at radius 1 is 1.26 bits per heavy atom. The van der Waals surface area contributed by atoms with Crippen LogP contribution in [0.3, 0.4) is 0 Å². The minimum absolute atomic E-state index is 0.0337. The average Bonchev–Trinajstić information content (AvgIpc) is 2.51. The maximum absolute atomic E-state index is 11.7. The van der Waals surface area contributed by atoms with E-state index in [4.69, 9.17) is 16.3 Å². The molecule has 0 spiro atoms. The molecule has 0 saturated carbocycles. The smallest absolute Gasteiger partial charge is 0.224 e. The van der Waals surface area contributed by atoms with Crippen LogP contribution in [0.15, 0.2) is 34.8 Å². The van der Waals surface area contributed by atoms with Crippen LogP contribution >= 0.6 is 27.5 Å². The van der Waals surface area contributed by atoms with Crippen molar-refractivity contribution in [2.45, 2.75) is 33.8 Å². The highest BCUT2D eigenvalue weighted by Crippen LogP contribution is 2.31. The quantitative estimate of drug-likeness (QED) is 0.709. The van der Waals surface area contributed by atoms with Gasteiger partial charge in [0, 0.05) is 22.1 Å². The van der Waals surface area contributed by atoms with Crippen molar-refractivity contribution in [2.75, 3.05) is 5.32 Å². The number of carbonyl (C=O) groups is 1. The molecule has 3 nitrogen and oxygen atoms in total. The van der Waals surface area contributed by atoms with Crippen LogP contribution in [0.25, 0.3) is 0 Å². The average molecular weight is 397 g/mol. The number of aryl methyl sites for hydroxylation is 2. The lowest BCUT2D eigenvalue weighted by molar-refractivity contribution is -0.115. The number of anilines is 1. The summed E-state index contributed by atoms with van der Waals surface area (Å²) in [6.45, 7) is 6.16. The Morgan fingerprint density at radius 2 is 1.96 bits per heavy atom. The standard InChI is InChI=1S/C18H19BrClNO2/c1-4-18(22)21-16-7-5-6-14(19)13(16)10-23-17-9-12(3)11(2)8-15(17)20/h5-9H,4,10H2,1-3H3,(H,21,22). The molecule has 0 radical (unpaired) electrons. The molecule has 0 fully saturated rings. The molecule has 0 aliphatic carbocycles. The van der Waals surface area contributed by atoms with Crippen molar-refractivity contribution in [3.05, 3.63) is 56.5 Å². The molecule has 122 valence electrons. The lowest BCUT2D eigenvalue weighted by atomic mass is 10.1. The van der Waals surface area contributed by atoms with E-state index in [-0.39, 0.29) is 5.91 Å². The fourth-order valence-corrected chi connectivity index (χ4v) is 2.83. The molecule has 0 bridgehead atoms. The maximum atomic E-state index is 11.7. The topological polar surface area (TPSA) is 38.3 Å². The van der Waals surface area contributed by atoms with E-state index in [1.807, 2.05) is 51.1 Å². The van der Waals surface area contributed by atoms with Crippen LogP contribution in [-0.2, 0) is 11.4 Å². The molecule has 2 aromatic carbocycles. The van der Waals surface area contributed by atoms with Gasteiger partial charge in [-0.15, -0.1) is 0 Å². The van der Waals surface area contributed by atoms with Crippen molar-refractivity contribution >= 4 is 39.1 Å². The van der Waals surface area contributed by atoms with Gasteiger partial charge >= 0.3 is 0 Å². The van der Waals surface area contributed by atoms with Gasteiger partial charge in [0.15, 0.2) is 0 Å². The highest BCUT2D eigenvalue weighted by Gasteiger charge is 2.11. The van der Waals surface area contributed by atoms with Crippen LogP contribution < -0.4 is 10.1 Å². The Bertz CT molecular complexity index is 731. The van der Waals surface area contributed by atoms with Gasteiger partial charge in [-0.05, 0) is 49.2 Å². The van der Waals surface area contributed by atoms with Gasteiger partial charge < -0.3 is 10.1 Å². The van der Waals surface area contributed by atoms with Gasteiger partial charge in [0.1, 0.15) is 12.4 Å². The predicted molar refractivity (Wildman–Crippen MR) is 98.3 cm³/mol. The summed E-state index contributed by atoms with van der Waals surface area (Å²) in [5.41, 5.74) is 3.87. The van der Waals surface area contributed by atoms with Crippen LogP contribution in [0.4, 0.5) is 5.69 Å². The van der Waals surface area contributed by atoms with Gasteiger partial charge in [-0.1, -0.05) is 40.5 Å². The molecule has 0 atom stereocenters. The first-order valence-corrected chi connectivity index (χ1v) is 8.56. The maximum Gasteiger partial charge on any atom is 0.224 e. The number of benzene rings is 2. The highest BCUT2D eigenvalue weighted by molar-refractivity contribution is 9.10. The van der Waals surface area contributed by atoms with Crippen molar-refractivity contribution in [1.82, 2.24) is 0 Å². The van der Waals surface area contributed by atoms with Crippen molar-refractivity contribution in [3.63, 3.8) is 0 Å². The third kappa shape index (κ3) is 4.49. The summed E-state index contributed by atoms with van der Waals surface area (Å²) in [5.74, 6) is 0.604.